The minimum Gasteiger partial charge on any atom is -0.402 e. The Balaban J connectivity index is 1.15. The third-order valence-electron chi connectivity index (χ3n) is 8.88. The summed E-state index contributed by atoms with van der Waals surface area (Å²) in [6, 6.07) is -1.98. The van der Waals surface area contributed by atoms with Crippen LogP contribution in [0.2, 0.25) is 0 Å². The number of nitrogen functional groups attached to an aromatic ring is 2. The number of benzene rings is 1. The summed E-state index contributed by atoms with van der Waals surface area (Å²) in [5, 5.41) is 11.2. The van der Waals surface area contributed by atoms with Crippen molar-refractivity contribution in [2.45, 2.75) is 49.0 Å². The molecule has 4 aromatic heterocycles. The predicted molar refractivity (Wildman–Crippen MR) is 174 cm³/mol. The Kier molecular flexibility index (Phi) is 9.88. The van der Waals surface area contributed by atoms with Crippen LogP contribution in [0.1, 0.15) is 12.5 Å². The molecule has 0 bridgehead atoms. The average Bonchev–Trinajstić information content (AvgIpc) is 3.92. The summed E-state index contributed by atoms with van der Waals surface area (Å²) >= 11 is 0. The van der Waals surface area contributed by atoms with E-state index in [0.29, 0.717) is 0 Å². The van der Waals surface area contributed by atoms with Gasteiger partial charge in [-0.1, -0.05) is 0 Å². The maximum Gasteiger partial charge on any atom is 0.472 e. The molecule has 6 unspecified atom stereocenters. The maximum atomic E-state index is 14.7. The maximum absolute atomic E-state index is 14.7. The summed E-state index contributed by atoms with van der Waals surface area (Å²) in [6.07, 6.45) is -11.1. The molecule has 3 fully saturated rings. The third kappa shape index (κ3) is 6.90. The molecule has 1 aromatic carbocycles. The summed E-state index contributed by atoms with van der Waals surface area (Å²) in [7, 11) is -10.9. The van der Waals surface area contributed by atoms with E-state index in [4.69, 9.17) is 43.9 Å². The largest absolute Gasteiger partial charge is 0.472 e. The minimum atomic E-state index is -5.49. The van der Waals surface area contributed by atoms with E-state index in [1.54, 1.807) is 0 Å². The lowest BCUT2D eigenvalue weighted by Crippen LogP contribution is -2.47. The molecule has 312 valence electrons. The van der Waals surface area contributed by atoms with Gasteiger partial charge in [0.1, 0.15) is 36.6 Å². The van der Waals surface area contributed by atoms with Crippen molar-refractivity contribution in [3.63, 3.8) is 0 Å². The van der Waals surface area contributed by atoms with Crippen molar-refractivity contribution in [1.29, 1.82) is 0 Å². The molecule has 0 saturated carbocycles. The van der Waals surface area contributed by atoms with Crippen LogP contribution in [-0.4, -0.2) is 104 Å². The Morgan fingerprint density at radius 1 is 0.759 bits per heavy atom. The summed E-state index contributed by atoms with van der Waals surface area (Å²) < 4.78 is 133. The van der Waals surface area contributed by atoms with Crippen LogP contribution in [0.4, 0.5) is 33.8 Å². The number of phosphoric ester groups is 2. The van der Waals surface area contributed by atoms with E-state index in [9.17, 15) is 55.6 Å². The Labute approximate surface area is 314 Å². The van der Waals surface area contributed by atoms with E-state index in [1.807, 2.05) is 5.48 Å². The van der Waals surface area contributed by atoms with Gasteiger partial charge in [0, 0.05) is 0 Å². The highest BCUT2D eigenvalue weighted by molar-refractivity contribution is 7.47. The van der Waals surface area contributed by atoms with Crippen molar-refractivity contribution in [2.24, 2.45) is 0 Å². The number of nitrogens with zero attached hydrogens (tertiary/aromatic N) is 6. The number of H-pyrrole nitrogens is 2. The fourth-order valence-corrected chi connectivity index (χ4v) is 8.28. The topological polar surface area (TPSA) is 351 Å². The molecule has 0 amide bonds. The fourth-order valence-electron chi connectivity index (χ4n) is 6.34. The molecular formula is C26H24F5N11O14P2. The number of nitrogens with one attached hydrogen (secondary N) is 3. The second kappa shape index (κ2) is 14.4. The van der Waals surface area contributed by atoms with Crippen molar-refractivity contribution in [1.82, 2.24) is 44.5 Å². The molecule has 32 heteroatoms. The van der Waals surface area contributed by atoms with E-state index in [2.05, 4.69) is 29.9 Å². The monoisotopic (exact) mass is 871 g/mol. The van der Waals surface area contributed by atoms with E-state index in [-0.39, 0.29) is 28.3 Å². The number of fused-ring (bicyclic) bond motifs is 4. The summed E-state index contributed by atoms with van der Waals surface area (Å²) in [6.45, 7) is -2.22. The Hall–Kier alpha value is -4.97. The number of anilines is 2. The number of aliphatic hydroxyl groups excluding tert-OH is 1. The van der Waals surface area contributed by atoms with Crippen molar-refractivity contribution < 1.29 is 78.4 Å². The van der Waals surface area contributed by atoms with Crippen LogP contribution < -0.4 is 32.9 Å². The van der Waals surface area contributed by atoms with Crippen molar-refractivity contribution >= 4 is 49.9 Å². The molecule has 0 aliphatic carbocycles. The summed E-state index contributed by atoms with van der Waals surface area (Å²) in [5.74, 6) is -15.0. The number of rotatable bonds is 5. The zero-order valence-electron chi connectivity index (χ0n) is 28.1. The minimum absolute atomic E-state index is 0.220. The van der Waals surface area contributed by atoms with Gasteiger partial charge in [-0.3, -0.25) is 46.8 Å². The van der Waals surface area contributed by atoms with Gasteiger partial charge in [-0.2, -0.15) is 18.7 Å². The number of aromatic amines is 2. The SMILES string of the molecule is Nc1nc2c(ncn2[C@@H]2O[C@@H]3COP(=O)(O)OC4C(NOc5c(F)c(F)c(F)c(F)c5F)[C@H](n5cnc6c(=O)[nH]c(N)nc65)O[C@@H]4COP(=O)(O)OC3C2O)c(=O)[nH]1. The zero-order valence-corrected chi connectivity index (χ0v) is 29.9. The molecule has 3 aliphatic rings. The van der Waals surface area contributed by atoms with Crippen molar-refractivity contribution in [3.05, 3.63) is 62.4 Å². The van der Waals surface area contributed by atoms with E-state index in [0.717, 1.165) is 21.8 Å². The lowest BCUT2D eigenvalue weighted by molar-refractivity contribution is -0.0663. The first-order valence-corrected chi connectivity index (χ1v) is 19.0. The lowest BCUT2D eigenvalue weighted by Gasteiger charge is -2.29. The molecule has 0 spiro atoms. The van der Waals surface area contributed by atoms with E-state index >= 15 is 0 Å². The zero-order chi connectivity index (χ0) is 41.6. The van der Waals surface area contributed by atoms with Crippen LogP contribution in [-0.2, 0) is 36.7 Å². The molecule has 10 atom stereocenters. The number of hydroxylamine groups is 1. The molecule has 3 saturated heterocycles. The fraction of sp³-hybridized carbons (Fsp3) is 0.385. The first-order valence-electron chi connectivity index (χ1n) is 16.0. The average molecular weight is 871 g/mol. The first kappa shape index (κ1) is 39.8. The van der Waals surface area contributed by atoms with Gasteiger partial charge in [-0.05, 0) is 0 Å². The van der Waals surface area contributed by atoms with Gasteiger partial charge in [0.2, 0.25) is 46.7 Å². The number of aliphatic hydroxyl groups is 1. The highest BCUT2D eigenvalue weighted by Gasteiger charge is 2.55. The Bertz CT molecular complexity index is 2660. The van der Waals surface area contributed by atoms with E-state index in [1.165, 1.54) is 0 Å². The Morgan fingerprint density at radius 2 is 1.21 bits per heavy atom. The lowest BCUT2D eigenvalue weighted by atomic mass is 10.1. The van der Waals surface area contributed by atoms with Crippen molar-refractivity contribution in [3.8, 4) is 5.75 Å². The quantitative estimate of drug-likeness (QED) is 0.0354. The van der Waals surface area contributed by atoms with Gasteiger partial charge in [0.05, 0.1) is 25.9 Å². The molecule has 3 aliphatic heterocycles. The van der Waals surface area contributed by atoms with Crippen LogP contribution in [0.25, 0.3) is 22.3 Å². The second-order valence-corrected chi connectivity index (χ2v) is 15.3. The molecule has 25 nitrogen and oxygen atoms in total. The van der Waals surface area contributed by atoms with Gasteiger partial charge < -0.3 is 40.7 Å². The van der Waals surface area contributed by atoms with Crippen molar-refractivity contribution in [2.75, 3.05) is 24.7 Å². The number of ether oxygens (including phenoxy) is 2. The number of hydrogen-bond donors (Lipinski definition) is 8. The van der Waals surface area contributed by atoms with Gasteiger partial charge in [-0.25, -0.2) is 32.3 Å². The predicted octanol–water partition coefficient (Wildman–Crippen LogP) is -0.761. The Morgan fingerprint density at radius 3 is 1.74 bits per heavy atom. The van der Waals surface area contributed by atoms with Gasteiger partial charge in [0.25, 0.3) is 11.1 Å². The van der Waals surface area contributed by atoms with E-state index < -0.39 is 130 Å². The molecule has 5 aromatic rings. The van der Waals surface area contributed by atoms with Crippen LogP contribution in [0.15, 0.2) is 22.2 Å². The number of imidazole rings is 2. The van der Waals surface area contributed by atoms with Crippen LogP contribution in [0.3, 0.4) is 0 Å². The number of nitrogens with two attached hydrogens (primary N) is 2. The van der Waals surface area contributed by atoms with Crippen LogP contribution >= 0.6 is 15.6 Å². The molecular weight excluding hydrogens is 847 g/mol. The van der Waals surface area contributed by atoms with Crippen LogP contribution in [0, 0.1) is 29.1 Å². The second-order valence-electron chi connectivity index (χ2n) is 12.5. The standard InChI is InChI=1S/C26H24F5N11O14P2/c27-7-8(28)10(30)18(11(31)9(7)29)54-40-12-16-5(52-23(12)41-3-34-13-19(41)36-25(32)38-21(13)44)1-50-58(48,49)56-17-6(2-51-57(46,47)55-16)53-24(15(17)43)42-4-35-14-20(42)37-26(33)39-22(14)45/h3-6,12,15-17,23-24,40,43H,1-2H2,(H,46,47)(H,48,49)(H3,32,36,38,44)(H3,33,37,39,45)/t5-,6-,12?,15?,16?,17?,23-,24-/m1/s1. The normalized spacial score (nSPS) is 31.9. The molecule has 10 N–H and O–H groups in total. The molecule has 0 radical (unpaired) electrons. The highest BCUT2D eigenvalue weighted by Crippen LogP contribution is 2.54. The van der Waals surface area contributed by atoms with Gasteiger partial charge >= 0.3 is 15.6 Å². The van der Waals surface area contributed by atoms with Gasteiger partial charge in [0.15, 0.2) is 34.8 Å². The summed E-state index contributed by atoms with van der Waals surface area (Å²) in [5.41, 5.74) is 10.4. The highest BCUT2D eigenvalue weighted by atomic mass is 31.2. The number of hydrogen-bond acceptors (Lipinski definition) is 19. The van der Waals surface area contributed by atoms with Crippen LogP contribution in [0.5, 0.6) is 5.75 Å². The van der Waals surface area contributed by atoms with Gasteiger partial charge in [-0.15, -0.1) is 5.48 Å². The molecule has 58 heavy (non-hydrogen) atoms. The number of phosphoric acid groups is 2. The summed E-state index contributed by atoms with van der Waals surface area (Å²) in [4.78, 5) is 71.5. The number of aromatic nitrogens is 8. The molecule has 8 rings (SSSR count). The third-order valence-corrected chi connectivity index (χ3v) is 10.9. The smallest absolute Gasteiger partial charge is 0.402 e. The molecule has 7 heterocycles. The first-order chi connectivity index (χ1) is 27.3. The number of halogens is 5.